The largest absolute Gasteiger partial charge is 0.399 e. The molecule has 0 aliphatic carbocycles. The summed E-state index contributed by atoms with van der Waals surface area (Å²) in [7, 11) is 0. The van der Waals surface area contributed by atoms with Crippen molar-refractivity contribution in [3.8, 4) is 0 Å². The summed E-state index contributed by atoms with van der Waals surface area (Å²) >= 11 is 12.1. The van der Waals surface area contributed by atoms with Gasteiger partial charge in [0.05, 0.1) is 15.6 Å². The van der Waals surface area contributed by atoms with E-state index in [1.165, 1.54) is 6.42 Å². The molecule has 1 fully saturated rings. The van der Waals surface area contributed by atoms with E-state index >= 15 is 0 Å². The smallest absolute Gasteiger partial charge is 0.255 e. The lowest BCUT2D eigenvalue weighted by atomic mass is 10.1. The average Bonchev–Trinajstić information content (AvgIpc) is 2.57. The maximum atomic E-state index is 12.6. The number of carbonyl (C=O) groups excluding carboxylic acids is 1. The Morgan fingerprint density at radius 3 is 2.79 bits per heavy atom. The van der Waals surface area contributed by atoms with E-state index in [1.807, 2.05) is 4.90 Å². The Bertz CT molecular complexity index is 491. The van der Waals surface area contributed by atoms with E-state index in [2.05, 4.69) is 6.92 Å². The lowest BCUT2D eigenvalue weighted by molar-refractivity contribution is 0.0698. The van der Waals surface area contributed by atoms with E-state index < -0.39 is 0 Å². The van der Waals surface area contributed by atoms with Crippen LogP contribution in [0.2, 0.25) is 10.0 Å². The summed E-state index contributed by atoms with van der Waals surface area (Å²) < 4.78 is 0. The van der Waals surface area contributed by atoms with Gasteiger partial charge in [0.1, 0.15) is 0 Å². The molecule has 0 spiro atoms. The summed E-state index contributed by atoms with van der Waals surface area (Å²) in [6, 6.07) is 3.40. The van der Waals surface area contributed by atoms with Gasteiger partial charge >= 0.3 is 0 Å². The third-order valence-corrected chi connectivity index (χ3v) is 4.40. The monoisotopic (exact) mass is 300 g/mol. The van der Waals surface area contributed by atoms with Crippen LogP contribution in [0.5, 0.6) is 0 Å². The van der Waals surface area contributed by atoms with Crippen LogP contribution in [-0.2, 0) is 0 Å². The number of nitrogens with zero attached hydrogens (tertiary/aromatic N) is 1. The van der Waals surface area contributed by atoms with Crippen molar-refractivity contribution in [1.29, 1.82) is 0 Å². The molecule has 104 valence electrons. The van der Waals surface area contributed by atoms with Crippen LogP contribution < -0.4 is 5.73 Å². The van der Waals surface area contributed by atoms with Gasteiger partial charge in [-0.05, 0) is 31.9 Å². The molecule has 2 rings (SSSR count). The first kappa shape index (κ1) is 14.5. The quantitative estimate of drug-likeness (QED) is 0.797. The minimum atomic E-state index is -0.0754. The highest BCUT2D eigenvalue weighted by atomic mass is 35.5. The van der Waals surface area contributed by atoms with Crippen LogP contribution in [-0.4, -0.2) is 23.4 Å². The van der Waals surface area contributed by atoms with Crippen molar-refractivity contribution in [3.63, 3.8) is 0 Å². The second-order valence-electron chi connectivity index (χ2n) is 5.06. The molecule has 1 atom stereocenters. The summed E-state index contributed by atoms with van der Waals surface area (Å²) in [4.78, 5) is 14.5. The Morgan fingerprint density at radius 1 is 1.32 bits per heavy atom. The lowest BCUT2D eigenvalue weighted by Gasteiger charge is -2.27. The van der Waals surface area contributed by atoms with Gasteiger partial charge < -0.3 is 10.6 Å². The lowest BCUT2D eigenvalue weighted by Crippen LogP contribution is -2.38. The molecule has 0 radical (unpaired) electrons. The van der Waals surface area contributed by atoms with Gasteiger partial charge in [0, 0.05) is 18.3 Å². The Labute approximate surface area is 123 Å². The van der Waals surface area contributed by atoms with Crippen molar-refractivity contribution in [3.05, 3.63) is 27.7 Å². The molecule has 1 saturated heterocycles. The molecule has 0 aromatic heterocycles. The van der Waals surface area contributed by atoms with Crippen LogP contribution >= 0.6 is 23.2 Å². The molecule has 1 aromatic carbocycles. The molecule has 0 bridgehead atoms. The second kappa shape index (κ2) is 6.02. The van der Waals surface area contributed by atoms with Crippen LogP contribution in [0.4, 0.5) is 5.69 Å². The third-order valence-electron chi connectivity index (χ3n) is 3.59. The van der Waals surface area contributed by atoms with Crippen LogP contribution in [0, 0.1) is 0 Å². The molecule has 1 unspecified atom stereocenters. The fourth-order valence-electron chi connectivity index (χ4n) is 2.50. The van der Waals surface area contributed by atoms with Crippen LogP contribution in [0.25, 0.3) is 0 Å². The van der Waals surface area contributed by atoms with Crippen molar-refractivity contribution in [2.45, 2.75) is 38.6 Å². The fourth-order valence-corrected chi connectivity index (χ4v) is 2.91. The summed E-state index contributed by atoms with van der Waals surface area (Å²) in [5.41, 5.74) is 6.61. The minimum absolute atomic E-state index is 0.0754. The van der Waals surface area contributed by atoms with Gasteiger partial charge in [0.2, 0.25) is 0 Å². The summed E-state index contributed by atoms with van der Waals surface area (Å²) in [5.74, 6) is -0.0754. The molecular formula is C14H18Cl2N2O. The van der Waals surface area contributed by atoms with Crippen LogP contribution in [0.3, 0.4) is 0 Å². The number of nitrogens with two attached hydrogens (primary N) is 1. The van der Waals surface area contributed by atoms with Gasteiger partial charge in [-0.25, -0.2) is 0 Å². The maximum Gasteiger partial charge on any atom is 0.255 e. The number of amides is 1. The predicted molar refractivity (Wildman–Crippen MR) is 79.8 cm³/mol. The molecule has 19 heavy (non-hydrogen) atoms. The summed E-state index contributed by atoms with van der Waals surface area (Å²) in [6.45, 7) is 2.84. The van der Waals surface area contributed by atoms with Gasteiger partial charge in [-0.3, -0.25) is 4.79 Å². The zero-order valence-electron chi connectivity index (χ0n) is 11.0. The van der Waals surface area contributed by atoms with E-state index in [1.54, 1.807) is 12.1 Å². The summed E-state index contributed by atoms with van der Waals surface area (Å²) in [6.07, 6.45) is 4.39. The first-order valence-electron chi connectivity index (χ1n) is 6.56. The van der Waals surface area contributed by atoms with Crippen molar-refractivity contribution in [2.24, 2.45) is 0 Å². The van der Waals surface area contributed by atoms with E-state index in [4.69, 9.17) is 28.9 Å². The fraction of sp³-hybridized carbons (Fsp3) is 0.500. The molecule has 1 amide bonds. The van der Waals surface area contributed by atoms with E-state index in [0.29, 0.717) is 16.3 Å². The summed E-state index contributed by atoms with van der Waals surface area (Å²) in [5, 5.41) is 0.616. The molecule has 0 saturated carbocycles. The molecule has 3 nitrogen and oxygen atoms in total. The average molecular weight is 301 g/mol. The van der Waals surface area contributed by atoms with Crippen molar-refractivity contribution in [1.82, 2.24) is 4.90 Å². The number of benzene rings is 1. The zero-order chi connectivity index (χ0) is 14.0. The number of anilines is 1. The number of rotatable bonds is 1. The number of likely N-dealkylation sites (tertiary alicyclic amines) is 1. The van der Waals surface area contributed by atoms with Crippen molar-refractivity contribution < 1.29 is 4.79 Å². The molecule has 2 N–H and O–H groups in total. The number of carbonyl (C=O) groups is 1. The Balaban J connectivity index is 2.32. The number of hydrogen-bond acceptors (Lipinski definition) is 2. The van der Waals surface area contributed by atoms with Gasteiger partial charge in [0.15, 0.2) is 0 Å². The van der Waals surface area contributed by atoms with Gasteiger partial charge in [-0.15, -0.1) is 0 Å². The zero-order valence-corrected chi connectivity index (χ0v) is 12.5. The standard InChI is InChI=1S/C14H18Cl2N2O/c1-9-5-3-2-4-6-18(9)14(19)11-7-10(17)8-12(15)13(11)16/h7-9H,2-6,17H2,1H3. The highest BCUT2D eigenvalue weighted by Crippen LogP contribution is 2.30. The van der Waals surface area contributed by atoms with E-state index in [9.17, 15) is 4.79 Å². The molecule has 1 aliphatic heterocycles. The first-order chi connectivity index (χ1) is 9.00. The highest BCUT2D eigenvalue weighted by molar-refractivity contribution is 6.44. The van der Waals surface area contributed by atoms with Crippen molar-refractivity contribution >= 4 is 34.8 Å². The third kappa shape index (κ3) is 3.15. The number of hydrogen-bond donors (Lipinski definition) is 1. The van der Waals surface area contributed by atoms with Gasteiger partial charge in [0.25, 0.3) is 5.91 Å². The number of halogens is 2. The Hall–Kier alpha value is -0.930. The predicted octanol–water partition coefficient (Wildman–Crippen LogP) is 3.98. The Morgan fingerprint density at radius 2 is 2.05 bits per heavy atom. The van der Waals surface area contributed by atoms with Gasteiger partial charge in [-0.2, -0.15) is 0 Å². The van der Waals surface area contributed by atoms with Crippen molar-refractivity contribution in [2.75, 3.05) is 12.3 Å². The molecule has 1 aromatic rings. The Kier molecular flexibility index (Phi) is 4.58. The normalized spacial score (nSPS) is 20.2. The first-order valence-corrected chi connectivity index (χ1v) is 7.32. The molecule has 5 heteroatoms. The maximum absolute atomic E-state index is 12.6. The molecular weight excluding hydrogens is 283 g/mol. The van der Waals surface area contributed by atoms with E-state index in [0.717, 1.165) is 25.8 Å². The topological polar surface area (TPSA) is 46.3 Å². The van der Waals surface area contributed by atoms with Crippen LogP contribution in [0.1, 0.15) is 43.0 Å². The van der Waals surface area contributed by atoms with E-state index in [-0.39, 0.29) is 17.0 Å². The molecule has 1 aliphatic rings. The second-order valence-corrected chi connectivity index (χ2v) is 5.85. The number of nitrogen functional groups attached to an aromatic ring is 1. The molecule has 1 heterocycles. The van der Waals surface area contributed by atoms with Crippen LogP contribution in [0.15, 0.2) is 12.1 Å². The van der Waals surface area contributed by atoms with Gasteiger partial charge in [-0.1, -0.05) is 36.0 Å². The minimum Gasteiger partial charge on any atom is -0.399 e. The highest BCUT2D eigenvalue weighted by Gasteiger charge is 2.25. The SMILES string of the molecule is CC1CCCCCN1C(=O)c1cc(N)cc(Cl)c1Cl.